The van der Waals surface area contributed by atoms with Crippen LogP contribution >= 0.6 is 0 Å². The molecule has 0 unspecified atom stereocenters. The molecule has 0 fully saturated rings. The Morgan fingerprint density at radius 3 is 2.81 bits per heavy atom. The topological polar surface area (TPSA) is 56.5 Å². The summed E-state index contributed by atoms with van der Waals surface area (Å²) in [5.41, 5.74) is 8.73. The molecular weight excluding hydrogens is 204 g/mol. The van der Waals surface area contributed by atoms with Crippen molar-refractivity contribution in [1.82, 2.24) is 0 Å². The van der Waals surface area contributed by atoms with Gasteiger partial charge in [0.1, 0.15) is 0 Å². The minimum Gasteiger partial charge on any atom is -0.399 e. The lowest BCUT2D eigenvalue weighted by Gasteiger charge is -2.10. The molecule has 0 spiro atoms. The van der Waals surface area contributed by atoms with E-state index in [0.29, 0.717) is 19.8 Å². The van der Waals surface area contributed by atoms with E-state index in [4.69, 9.17) is 15.2 Å². The van der Waals surface area contributed by atoms with Crippen molar-refractivity contribution in [2.75, 3.05) is 44.5 Å². The maximum absolute atomic E-state index is 5.71. The molecule has 1 aromatic rings. The van der Waals surface area contributed by atoms with Gasteiger partial charge in [0.2, 0.25) is 0 Å². The molecule has 3 N–H and O–H groups in total. The summed E-state index contributed by atoms with van der Waals surface area (Å²) in [5.74, 6) is 0. The van der Waals surface area contributed by atoms with Crippen molar-refractivity contribution in [3.05, 3.63) is 23.8 Å². The van der Waals surface area contributed by atoms with Crippen molar-refractivity contribution >= 4 is 11.4 Å². The fourth-order valence-corrected chi connectivity index (χ4v) is 1.33. The Morgan fingerprint density at radius 1 is 1.25 bits per heavy atom. The first-order valence-corrected chi connectivity index (χ1v) is 5.40. The third-order valence-corrected chi connectivity index (χ3v) is 2.26. The van der Waals surface area contributed by atoms with E-state index in [0.717, 1.165) is 17.9 Å². The number of nitrogens with two attached hydrogens (primary N) is 1. The molecule has 0 heterocycles. The van der Waals surface area contributed by atoms with Crippen molar-refractivity contribution < 1.29 is 9.47 Å². The van der Waals surface area contributed by atoms with Gasteiger partial charge in [-0.1, -0.05) is 6.07 Å². The van der Waals surface area contributed by atoms with Crippen LogP contribution in [-0.4, -0.2) is 33.5 Å². The van der Waals surface area contributed by atoms with Crippen molar-refractivity contribution in [2.24, 2.45) is 0 Å². The van der Waals surface area contributed by atoms with Crippen LogP contribution in [0.25, 0.3) is 0 Å². The predicted molar refractivity (Wildman–Crippen MR) is 66.8 cm³/mol. The van der Waals surface area contributed by atoms with Gasteiger partial charge in [-0.3, -0.25) is 0 Å². The van der Waals surface area contributed by atoms with Gasteiger partial charge in [0.25, 0.3) is 0 Å². The lowest BCUT2D eigenvalue weighted by atomic mass is 10.2. The van der Waals surface area contributed by atoms with E-state index in [1.807, 2.05) is 25.1 Å². The lowest BCUT2D eigenvalue weighted by molar-refractivity contribution is 0.0759. The molecule has 90 valence electrons. The minimum atomic E-state index is 0.633. The number of aryl methyl sites for hydroxylation is 1. The van der Waals surface area contributed by atoms with Crippen LogP contribution in [0, 0.1) is 6.92 Å². The second kappa shape index (κ2) is 7.09. The molecule has 0 saturated carbocycles. The number of rotatable bonds is 7. The van der Waals surface area contributed by atoms with Crippen molar-refractivity contribution in [3.8, 4) is 0 Å². The summed E-state index contributed by atoms with van der Waals surface area (Å²) >= 11 is 0. The van der Waals surface area contributed by atoms with Gasteiger partial charge in [-0.05, 0) is 24.6 Å². The van der Waals surface area contributed by atoms with Crippen LogP contribution in [0.4, 0.5) is 11.4 Å². The number of nitrogens with one attached hydrogen (secondary N) is 1. The molecule has 16 heavy (non-hydrogen) atoms. The molecule has 4 nitrogen and oxygen atoms in total. The molecular formula is C12H20N2O2. The SMILES string of the molecule is COCCOCCNc1cc(N)ccc1C. The van der Waals surface area contributed by atoms with Crippen LogP contribution in [-0.2, 0) is 9.47 Å². The van der Waals surface area contributed by atoms with E-state index in [1.54, 1.807) is 7.11 Å². The summed E-state index contributed by atoms with van der Waals surface area (Å²) in [5, 5.41) is 3.28. The van der Waals surface area contributed by atoms with Crippen LogP contribution in [0.1, 0.15) is 5.56 Å². The van der Waals surface area contributed by atoms with Crippen molar-refractivity contribution in [3.63, 3.8) is 0 Å². The Labute approximate surface area is 96.7 Å². The molecule has 4 heteroatoms. The zero-order chi connectivity index (χ0) is 11.8. The second-order valence-electron chi connectivity index (χ2n) is 3.61. The maximum atomic E-state index is 5.71. The molecule has 0 aliphatic carbocycles. The van der Waals surface area contributed by atoms with Gasteiger partial charge < -0.3 is 20.5 Å². The van der Waals surface area contributed by atoms with Crippen LogP contribution in [0.2, 0.25) is 0 Å². The zero-order valence-corrected chi connectivity index (χ0v) is 9.95. The number of hydrogen-bond acceptors (Lipinski definition) is 4. The Balaban J connectivity index is 2.23. The lowest BCUT2D eigenvalue weighted by Crippen LogP contribution is -2.12. The highest BCUT2D eigenvalue weighted by Gasteiger charge is 1.97. The Bertz CT molecular complexity index is 316. The Morgan fingerprint density at radius 2 is 2.06 bits per heavy atom. The van der Waals surface area contributed by atoms with Crippen molar-refractivity contribution in [1.29, 1.82) is 0 Å². The fraction of sp³-hybridized carbons (Fsp3) is 0.500. The molecule has 1 aromatic carbocycles. The molecule has 1 rings (SSSR count). The number of nitrogen functional groups attached to an aromatic ring is 1. The number of methoxy groups -OCH3 is 1. The summed E-state index contributed by atoms with van der Waals surface area (Å²) in [6.07, 6.45) is 0. The summed E-state index contributed by atoms with van der Waals surface area (Å²) in [7, 11) is 1.66. The van der Waals surface area contributed by atoms with Crippen LogP contribution < -0.4 is 11.1 Å². The predicted octanol–water partition coefficient (Wildman–Crippen LogP) is 1.65. The highest BCUT2D eigenvalue weighted by Crippen LogP contribution is 2.17. The minimum absolute atomic E-state index is 0.633. The average molecular weight is 224 g/mol. The number of benzene rings is 1. The highest BCUT2D eigenvalue weighted by atomic mass is 16.5. The van der Waals surface area contributed by atoms with E-state index in [1.165, 1.54) is 5.56 Å². The Kier molecular flexibility index (Phi) is 5.67. The van der Waals surface area contributed by atoms with E-state index >= 15 is 0 Å². The largest absolute Gasteiger partial charge is 0.399 e. The Hall–Kier alpha value is -1.26. The average Bonchev–Trinajstić information content (AvgIpc) is 2.28. The summed E-state index contributed by atoms with van der Waals surface area (Å²) in [6, 6.07) is 5.84. The molecule has 0 amide bonds. The summed E-state index contributed by atoms with van der Waals surface area (Å²) < 4.78 is 10.2. The third-order valence-electron chi connectivity index (χ3n) is 2.26. The maximum Gasteiger partial charge on any atom is 0.0701 e. The van der Waals surface area contributed by atoms with Crippen LogP contribution in [0.5, 0.6) is 0 Å². The fourth-order valence-electron chi connectivity index (χ4n) is 1.33. The number of hydrogen-bond donors (Lipinski definition) is 2. The van der Waals surface area contributed by atoms with E-state index in [-0.39, 0.29) is 0 Å². The van der Waals surface area contributed by atoms with Gasteiger partial charge in [0, 0.05) is 25.0 Å². The molecule has 0 atom stereocenters. The normalized spacial score (nSPS) is 10.4. The first kappa shape index (κ1) is 12.8. The van der Waals surface area contributed by atoms with Gasteiger partial charge in [0.15, 0.2) is 0 Å². The summed E-state index contributed by atoms with van der Waals surface area (Å²) in [4.78, 5) is 0. The van der Waals surface area contributed by atoms with E-state index < -0.39 is 0 Å². The highest BCUT2D eigenvalue weighted by molar-refractivity contribution is 5.59. The molecule has 0 aromatic heterocycles. The number of anilines is 2. The van der Waals surface area contributed by atoms with Gasteiger partial charge >= 0.3 is 0 Å². The first-order chi connectivity index (χ1) is 7.74. The zero-order valence-electron chi connectivity index (χ0n) is 9.95. The molecule has 0 aliphatic rings. The van der Waals surface area contributed by atoms with Gasteiger partial charge in [-0.15, -0.1) is 0 Å². The van der Waals surface area contributed by atoms with Crippen molar-refractivity contribution in [2.45, 2.75) is 6.92 Å². The third kappa shape index (κ3) is 4.51. The number of ether oxygens (including phenoxy) is 2. The monoisotopic (exact) mass is 224 g/mol. The van der Waals surface area contributed by atoms with Gasteiger partial charge in [-0.2, -0.15) is 0 Å². The van der Waals surface area contributed by atoms with E-state index in [9.17, 15) is 0 Å². The molecule has 0 saturated heterocycles. The smallest absolute Gasteiger partial charge is 0.0701 e. The molecule has 0 bridgehead atoms. The quantitative estimate of drug-likeness (QED) is 0.546. The van der Waals surface area contributed by atoms with Crippen LogP contribution in [0.15, 0.2) is 18.2 Å². The van der Waals surface area contributed by atoms with Gasteiger partial charge in [0.05, 0.1) is 19.8 Å². The standard InChI is InChI=1S/C12H20N2O2/c1-10-3-4-11(13)9-12(10)14-5-6-16-8-7-15-2/h3-4,9,14H,5-8,13H2,1-2H3. The second-order valence-corrected chi connectivity index (χ2v) is 3.61. The van der Waals surface area contributed by atoms with Crippen LogP contribution in [0.3, 0.4) is 0 Å². The van der Waals surface area contributed by atoms with Gasteiger partial charge in [-0.25, -0.2) is 0 Å². The molecule has 0 aliphatic heterocycles. The first-order valence-electron chi connectivity index (χ1n) is 5.40. The van der Waals surface area contributed by atoms with E-state index in [2.05, 4.69) is 5.32 Å². The summed E-state index contributed by atoms with van der Waals surface area (Å²) in [6.45, 7) is 4.75. The molecule has 0 radical (unpaired) electrons.